The smallest absolute Gasteiger partial charge is 0.264 e. The van der Waals surface area contributed by atoms with Gasteiger partial charge >= 0.3 is 0 Å². The lowest BCUT2D eigenvalue weighted by Crippen LogP contribution is -2.30. The molecule has 150 valence electrons. The number of carbonyl (C=O) groups excluding carboxylic acids is 1. The highest BCUT2D eigenvalue weighted by Crippen LogP contribution is 2.22. The van der Waals surface area contributed by atoms with Crippen LogP contribution in [0.1, 0.15) is 22.7 Å². The summed E-state index contributed by atoms with van der Waals surface area (Å²) in [5.41, 5.74) is 2.91. The van der Waals surface area contributed by atoms with Crippen molar-refractivity contribution in [1.82, 2.24) is 10.6 Å². The fraction of sp³-hybridized carbons (Fsp3) is 0.120. The number of benzene rings is 3. The Hall–Kier alpha value is -4.04. The van der Waals surface area contributed by atoms with Crippen molar-refractivity contribution in [3.05, 3.63) is 113 Å². The molecule has 0 radical (unpaired) electrons. The Morgan fingerprint density at radius 2 is 1.53 bits per heavy atom. The second-order valence-corrected chi connectivity index (χ2v) is 6.63. The van der Waals surface area contributed by atoms with Crippen LogP contribution < -0.4 is 15.4 Å². The molecule has 0 atom stereocenters. The van der Waals surface area contributed by atoms with E-state index in [-0.39, 0.29) is 11.6 Å². The van der Waals surface area contributed by atoms with Gasteiger partial charge in [-0.25, -0.2) is 0 Å². The molecule has 0 bridgehead atoms. The van der Waals surface area contributed by atoms with Gasteiger partial charge < -0.3 is 15.4 Å². The largest absolute Gasteiger partial charge is 0.497 e. The van der Waals surface area contributed by atoms with Crippen molar-refractivity contribution in [2.75, 3.05) is 7.11 Å². The molecule has 0 aliphatic heterocycles. The van der Waals surface area contributed by atoms with Crippen LogP contribution in [-0.2, 0) is 11.3 Å². The van der Waals surface area contributed by atoms with E-state index in [0.717, 1.165) is 22.4 Å². The maximum atomic E-state index is 12.8. The summed E-state index contributed by atoms with van der Waals surface area (Å²) in [6, 6.07) is 28.6. The van der Waals surface area contributed by atoms with Crippen LogP contribution in [-0.4, -0.2) is 13.0 Å². The van der Waals surface area contributed by atoms with Gasteiger partial charge in [0.05, 0.1) is 13.2 Å². The summed E-state index contributed by atoms with van der Waals surface area (Å²) < 4.78 is 5.14. The summed E-state index contributed by atoms with van der Waals surface area (Å²) in [6.45, 7) is 0.489. The number of hydrogen-bond acceptors (Lipinski definition) is 4. The quantitative estimate of drug-likeness (QED) is 0.443. The maximum absolute atomic E-state index is 12.8. The summed E-state index contributed by atoms with van der Waals surface area (Å²) in [5.74, 6) is 0.344. The van der Waals surface area contributed by atoms with Crippen molar-refractivity contribution in [2.24, 2.45) is 0 Å². The van der Waals surface area contributed by atoms with E-state index in [9.17, 15) is 10.1 Å². The molecule has 1 amide bonds. The molecule has 0 heterocycles. The summed E-state index contributed by atoms with van der Waals surface area (Å²) in [4.78, 5) is 12.8. The summed E-state index contributed by atoms with van der Waals surface area (Å²) >= 11 is 0. The van der Waals surface area contributed by atoms with Crippen molar-refractivity contribution in [2.45, 2.75) is 12.6 Å². The predicted octanol–water partition coefficient (Wildman–Crippen LogP) is 4.10. The highest BCUT2D eigenvalue weighted by Gasteiger charge is 2.19. The van der Waals surface area contributed by atoms with Gasteiger partial charge in [-0.05, 0) is 28.8 Å². The molecule has 0 spiro atoms. The van der Waals surface area contributed by atoms with Gasteiger partial charge in [0.15, 0.2) is 0 Å². The minimum atomic E-state index is -0.433. The first kappa shape index (κ1) is 20.7. The average molecular weight is 397 g/mol. The van der Waals surface area contributed by atoms with Gasteiger partial charge in [0, 0.05) is 12.7 Å². The van der Waals surface area contributed by atoms with Crippen molar-refractivity contribution in [3.8, 4) is 11.8 Å². The molecular formula is C25H23N3O2. The Kier molecular flexibility index (Phi) is 7.23. The minimum Gasteiger partial charge on any atom is -0.497 e. The zero-order valence-corrected chi connectivity index (χ0v) is 16.7. The number of carbonyl (C=O) groups is 1. The molecule has 3 aromatic carbocycles. The molecule has 5 heteroatoms. The average Bonchev–Trinajstić information content (AvgIpc) is 2.81. The SMILES string of the molecule is COc1ccc(CN/C=C(/C#N)C(=O)NC(c2ccccc2)c2ccccc2)cc1. The van der Waals surface area contributed by atoms with Crippen molar-refractivity contribution in [3.63, 3.8) is 0 Å². The molecule has 0 aliphatic rings. The Morgan fingerprint density at radius 1 is 0.967 bits per heavy atom. The van der Waals surface area contributed by atoms with E-state index in [1.165, 1.54) is 6.20 Å². The van der Waals surface area contributed by atoms with Gasteiger partial charge in [-0.1, -0.05) is 72.8 Å². The van der Waals surface area contributed by atoms with Crippen molar-refractivity contribution in [1.29, 1.82) is 5.26 Å². The second-order valence-electron chi connectivity index (χ2n) is 6.63. The number of rotatable bonds is 8. The summed E-state index contributed by atoms with van der Waals surface area (Å²) in [7, 11) is 1.62. The molecule has 0 aliphatic carbocycles. The van der Waals surface area contributed by atoms with Crippen LogP contribution in [0.5, 0.6) is 5.75 Å². The third-order valence-corrected chi connectivity index (χ3v) is 4.62. The second kappa shape index (κ2) is 10.5. The summed E-state index contributed by atoms with van der Waals surface area (Å²) in [5, 5.41) is 15.5. The first-order valence-electron chi connectivity index (χ1n) is 9.58. The van der Waals surface area contributed by atoms with Crippen LogP contribution in [0.4, 0.5) is 0 Å². The number of ether oxygens (including phenoxy) is 1. The Morgan fingerprint density at radius 3 is 2.03 bits per heavy atom. The number of hydrogen-bond donors (Lipinski definition) is 2. The van der Waals surface area contributed by atoms with Crippen LogP contribution in [0.3, 0.4) is 0 Å². The van der Waals surface area contributed by atoms with E-state index >= 15 is 0 Å². The Labute approximate surface area is 176 Å². The number of methoxy groups -OCH3 is 1. The van der Waals surface area contributed by atoms with E-state index in [1.54, 1.807) is 7.11 Å². The molecule has 5 nitrogen and oxygen atoms in total. The minimum absolute atomic E-state index is 0.0142. The van der Waals surface area contributed by atoms with E-state index in [0.29, 0.717) is 6.54 Å². The van der Waals surface area contributed by atoms with E-state index in [1.807, 2.05) is 91.0 Å². The molecule has 0 saturated carbocycles. The lowest BCUT2D eigenvalue weighted by Gasteiger charge is -2.19. The van der Waals surface area contributed by atoms with E-state index in [4.69, 9.17) is 4.74 Å². The van der Waals surface area contributed by atoms with Crippen molar-refractivity contribution >= 4 is 5.91 Å². The molecule has 3 aromatic rings. The lowest BCUT2D eigenvalue weighted by molar-refractivity contribution is -0.117. The maximum Gasteiger partial charge on any atom is 0.264 e. The van der Waals surface area contributed by atoms with Crippen LogP contribution in [0.15, 0.2) is 96.7 Å². The van der Waals surface area contributed by atoms with Crippen LogP contribution in [0.25, 0.3) is 0 Å². The topological polar surface area (TPSA) is 74.1 Å². The van der Waals surface area contributed by atoms with Crippen LogP contribution in [0.2, 0.25) is 0 Å². The van der Waals surface area contributed by atoms with Gasteiger partial charge in [0.2, 0.25) is 0 Å². The standard InChI is InChI=1S/C25H23N3O2/c1-30-23-14-12-19(13-15-23)17-27-18-22(16-26)25(29)28-24(20-8-4-2-5-9-20)21-10-6-3-7-11-21/h2-15,18,24,27H,17H2,1H3,(H,28,29)/b22-18-. The molecule has 0 unspecified atom stereocenters. The fourth-order valence-corrected chi connectivity index (χ4v) is 3.02. The third kappa shape index (κ3) is 5.49. The van der Waals surface area contributed by atoms with E-state index < -0.39 is 5.91 Å². The van der Waals surface area contributed by atoms with Gasteiger partial charge in [-0.15, -0.1) is 0 Å². The monoisotopic (exact) mass is 397 g/mol. The molecular weight excluding hydrogens is 374 g/mol. The van der Waals surface area contributed by atoms with Crippen LogP contribution in [0, 0.1) is 11.3 Å². The lowest BCUT2D eigenvalue weighted by atomic mass is 9.98. The van der Waals surface area contributed by atoms with Crippen LogP contribution >= 0.6 is 0 Å². The first-order chi connectivity index (χ1) is 14.7. The van der Waals surface area contributed by atoms with Crippen molar-refractivity contribution < 1.29 is 9.53 Å². The molecule has 30 heavy (non-hydrogen) atoms. The normalized spacial score (nSPS) is 10.9. The number of nitrogens with one attached hydrogen (secondary N) is 2. The molecule has 2 N–H and O–H groups in total. The van der Waals surface area contributed by atoms with Gasteiger partial charge in [-0.2, -0.15) is 5.26 Å². The zero-order chi connectivity index (χ0) is 21.2. The summed E-state index contributed by atoms with van der Waals surface area (Å²) in [6.07, 6.45) is 1.45. The number of nitriles is 1. The number of nitrogens with zero attached hydrogens (tertiary/aromatic N) is 1. The zero-order valence-electron chi connectivity index (χ0n) is 16.7. The molecule has 0 fully saturated rings. The van der Waals surface area contributed by atoms with Gasteiger partial charge in [0.1, 0.15) is 17.4 Å². The highest BCUT2D eigenvalue weighted by molar-refractivity contribution is 5.97. The third-order valence-electron chi connectivity index (χ3n) is 4.62. The van der Waals surface area contributed by atoms with Gasteiger partial charge in [-0.3, -0.25) is 4.79 Å². The fourth-order valence-electron chi connectivity index (χ4n) is 3.02. The number of amides is 1. The first-order valence-corrected chi connectivity index (χ1v) is 9.58. The van der Waals surface area contributed by atoms with E-state index in [2.05, 4.69) is 10.6 Å². The Balaban J connectivity index is 1.71. The molecule has 3 rings (SSSR count). The highest BCUT2D eigenvalue weighted by atomic mass is 16.5. The predicted molar refractivity (Wildman–Crippen MR) is 116 cm³/mol. The molecule has 0 saturated heterocycles. The Bertz CT molecular complexity index is 984. The van der Waals surface area contributed by atoms with Gasteiger partial charge in [0.25, 0.3) is 5.91 Å². The molecule has 0 aromatic heterocycles.